The van der Waals surface area contributed by atoms with Gasteiger partial charge in [0.25, 0.3) is 0 Å². The normalized spacial score (nSPS) is 13.1. The topological polar surface area (TPSA) is 35.5 Å². The SMILES string of the molecule is COC(=O)C(C)COCC(C)C. The van der Waals surface area contributed by atoms with Crippen molar-refractivity contribution in [1.29, 1.82) is 0 Å². The van der Waals surface area contributed by atoms with Crippen LogP contribution in [0.1, 0.15) is 20.8 Å². The zero-order valence-corrected chi connectivity index (χ0v) is 8.29. The fourth-order valence-corrected chi connectivity index (χ4v) is 0.750. The maximum absolute atomic E-state index is 10.9. The molecule has 0 aromatic rings. The largest absolute Gasteiger partial charge is 0.469 e. The Morgan fingerprint density at radius 1 is 1.25 bits per heavy atom. The molecule has 0 saturated carbocycles. The number of rotatable bonds is 5. The van der Waals surface area contributed by atoms with E-state index in [9.17, 15) is 4.79 Å². The van der Waals surface area contributed by atoms with Crippen molar-refractivity contribution < 1.29 is 14.3 Å². The fraction of sp³-hybridized carbons (Fsp3) is 0.889. The minimum Gasteiger partial charge on any atom is -0.469 e. The van der Waals surface area contributed by atoms with E-state index in [0.717, 1.165) is 0 Å². The summed E-state index contributed by atoms with van der Waals surface area (Å²) < 4.78 is 9.83. The maximum atomic E-state index is 10.9. The fourth-order valence-electron chi connectivity index (χ4n) is 0.750. The lowest BCUT2D eigenvalue weighted by Gasteiger charge is -2.10. The molecular weight excluding hydrogens is 156 g/mol. The van der Waals surface area contributed by atoms with Gasteiger partial charge >= 0.3 is 5.97 Å². The van der Waals surface area contributed by atoms with Crippen LogP contribution >= 0.6 is 0 Å². The molecule has 3 nitrogen and oxygen atoms in total. The Kier molecular flexibility index (Phi) is 5.72. The third-order valence-electron chi connectivity index (χ3n) is 1.42. The molecule has 0 radical (unpaired) electrons. The molecule has 0 aromatic carbocycles. The predicted octanol–water partition coefficient (Wildman–Crippen LogP) is 1.47. The van der Waals surface area contributed by atoms with Crippen molar-refractivity contribution in [2.75, 3.05) is 20.3 Å². The standard InChI is InChI=1S/C9H18O3/c1-7(2)5-12-6-8(3)9(10)11-4/h7-8H,5-6H2,1-4H3. The lowest BCUT2D eigenvalue weighted by atomic mass is 10.2. The van der Waals surface area contributed by atoms with E-state index in [1.54, 1.807) is 6.92 Å². The van der Waals surface area contributed by atoms with Crippen LogP contribution in [0, 0.1) is 11.8 Å². The van der Waals surface area contributed by atoms with Gasteiger partial charge in [0.1, 0.15) is 0 Å². The van der Waals surface area contributed by atoms with Crippen molar-refractivity contribution in [3.05, 3.63) is 0 Å². The molecule has 0 fully saturated rings. The molecule has 0 aliphatic carbocycles. The summed E-state index contributed by atoms with van der Waals surface area (Å²) in [6.07, 6.45) is 0. The molecule has 0 N–H and O–H groups in total. The number of hydrogen-bond acceptors (Lipinski definition) is 3. The lowest BCUT2D eigenvalue weighted by Crippen LogP contribution is -2.19. The molecule has 0 rings (SSSR count). The van der Waals surface area contributed by atoms with E-state index >= 15 is 0 Å². The highest BCUT2D eigenvalue weighted by Gasteiger charge is 2.12. The van der Waals surface area contributed by atoms with Gasteiger partial charge in [-0.25, -0.2) is 0 Å². The van der Waals surface area contributed by atoms with Crippen LogP contribution in [0.5, 0.6) is 0 Å². The molecule has 1 unspecified atom stereocenters. The first-order chi connectivity index (χ1) is 5.57. The first-order valence-electron chi connectivity index (χ1n) is 4.23. The van der Waals surface area contributed by atoms with Crippen LogP contribution in [0.15, 0.2) is 0 Å². The summed E-state index contributed by atoms with van der Waals surface area (Å²) in [4.78, 5) is 10.9. The minimum atomic E-state index is -0.209. The molecule has 0 aliphatic rings. The average Bonchev–Trinajstić information content (AvgIpc) is 2.02. The summed E-state index contributed by atoms with van der Waals surface area (Å²) in [5.41, 5.74) is 0. The van der Waals surface area contributed by atoms with Crippen molar-refractivity contribution >= 4 is 5.97 Å². The van der Waals surface area contributed by atoms with Gasteiger partial charge in [0, 0.05) is 6.61 Å². The number of methoxy groups -OCH3 is 1. The molecule has 0 saturated heterocycles. The maximum Gasteiger partial charge on any atom is 0.310 e. The summed E-state index contributed by atoms with van der Waals surface area (Å²) in [7, 11) is 1.39. The summed E-state index contributed by atoms with van der Waals surface area (Å²) >= 11 is 0. The second-order valence-electron chi connectivity index (χ2n) is 3.36. The zero-order valence-electron chi connectivity index (χ0n) is 8.29. The van der Waals surface area contributed by atoms with E-state index in [2.05, 4.69) is 18.6 Å². The second kappa shape index (κ2) is 6.00. The van der Waals surface area contributed by atoms with E-state index in [4.69, 9.17) is 4.74 Å². The Balaban J connectivity index is 3.43. The van der Waals surface area contributed by atoms with Crippen molar-refractivity contribution in [2.45, 2.75) is 20.8 Å². The number of carbonyl (C=O) groups is 1. The molecule has 0 heterocycles. The number of ether oxygens (including phenoxy) is 2. The highest BCUT2D eigenvalue weighted by atomic mass is 16.5. The van der Waals surface area contributed by atoms with Gasteiger partial charge in [0.2, 0.25) is 0 Å². The molecule has 0 amide bonds. The summed E-state index contributed by atoms with van der Waals surface area (Å²) in [5, 5.41) is 0. The zero-order chi connectivity index (χ0) is 9.56. The van der Waals surface area contributed by atoms with E-state index in [1.165, 1.54) is 7.11 Å². The molecule has 0 aliphatic heterocycles. The molecule has 72 valence electrons. The Labute approximate surface area is 74.0 Å². The number of carbonyl (C=O) groups excluding carboxylic acids is 1. The highest BCUT2D eigenvalue weighted by Crippen LogP contribution is 2.00. The summed E-state index contributed by atoms with van der Waals surface area (Å²) in [6, 6.07) is 0. The molecule has 1 atom stereocenters. The molecule has 3 heteroatoms. The van der Waals surface area contributed by atoms with Crippen LogP contribution in [0.2, 0.25) is 0 Å². The molecule has 0 aromatic heterocycles. The van der Waals surface area contributed by atoms with Gasteiger partial charge in [-0.1, -0.05) is 13.8 Å². The molecular formula is C9H18O3. The van der Waals surface area contributed by atoms with Crippen LogP contribution < -0.4 is 0 Å². The van der Waals surface area contributed by atoms with Crippen LogP contribution in [0.25, 0.3) is 0 Å². The van der Waals surface area contributed by atoms with Crippen LogP contribution in [-0.2, 0) is 14.3 Å². The van der Waals surface area contributed by atoms with E-state index in [1.807, 2.05) is 0 Å². The first kappa shape index (κ1) is 11.4. The Hall–Kier alpha value is -0.570. The minimum absolute atomic E-state index is 0.159. The van der Waals surface area contributed by atoms with Crippen LogP contribution in [0.4, 0.5) is 0 Å². The lowest BCUT2D eigenvalue weighted by molar-refractivity contribution is -0.147. The van der Waals surface area contributed by atoms with Crippen molar-refractivity contribution in [3.63, 3.8) is 0 Å². The van der Waals surface area contributed by atoms with Gasteiger partial charge in [-0.15, -0.1) is 0 Å². The summed E-state index contributed by atoms with van der Waals surface area (Å²) in [6.45, 7) is 7.09. The van der Waals surface area contributed by atoms with E-state index < -0.39 is 0 Å². The average molecular weight is 174 g/mol. The highest BCUT2D eigenvalue weighted by molar-refractivity contribution is 5.71. The molecule has 12 heavy (non-hydrogen) atoms. The number of hydrogen-bond donors (Lipinski definition) is 0. The van der Waals surface area contributed by atoms with Crippen molar-refractivity contribution in [2.24, 2.45) is 11.8 Å². The smallest absolute Gasteiger partial charge is 0.310 e. The summed E-state index contributed by atoms with van der Waals surface area (Å²) in [5.74, 6) is 0.141. The van der Waals surface area contributed by atoms with Gasteiger partial charge in [-0.05, 0) is 12.8 Å². The molecule has 0 spiro atoms. The predicted molar refractivity (Wildman–Crippen MR) is 46.8 cm³/mol. The van der Waals surface area contributed by atoms with E-state index in [0.29, 0.717) is 19.1 Å². The van der Waals surface area contributed by atoms with Gasteiger partial charge in [-0.2, -0.15) is 0 Å². The van der Waals surface area contributed by atoms with Gasteiger partial charge < -0.3 is 9.47 Å². The quantitative estimate of drug-likeness (QED) is 0.592. The Morgan fingerprint density at radius 2 is 1.83 bits per heavy atom. The van der Waals surface area contributed by atoms with Crippen molar-refractivity contribution in [3.8, 4) is 0 Å². The third-order valence-corrected chi connectivity index (χ3v) is 1.42. The Morgan fingerprint density at radius 3 is 2.25 bits per heavy atom. The monoisotopic (exact) mass is 174 g/mol. The Bertz CT molecular complexity index is 132. The third kappa shape index (κ3) is 5.13. The van der Waals surface area contributed by atoms with Gasteiger partial charge in [0.15, 0.2) is 0 Å². The van der Waals surface area contributed by atoms with Gasteiger partial charge in [-0.3, -0.25) is 4.79 Å². The van der Waals surface area contributed by atoms with E-state index in [-0.39, 0.29) is 11.9 Å². The first-order valence-corrected chi connectivity index (χ1v) is 4.23. The van der Waals surface area contributed by atoms with Gasteiger partial charge in [0.05, 0.1) is 19.6 Å². The molecule has 0 bridgehead atoms. The van der Waals surface area contributed by atoms with Crippen LogP contribution in [-0.4, -0.2) is 26.3 Å². The van der Waals surface area contributed by atoms with Crippen LogP contribution in [0.3, 0.4) is 0 Å². The second-order valence-corrected chi connectivity index (χ2v) is 3.36. The van der Waals surface area contributed by atoms with Crippen molar-refractivity contribution in [1.82, 2.24) is 0 Å². The number of esters is 1.